The van der Waals surface area contributed by atoms with Crippen LogP contribution in [0.5, 0.6) is 0 Å². The van der Waals surface area contributed by atoms with Crippen LogP contribution in [0.4, 0.5) is 5.82 Å². The Morgan fingerprint density at radius 1 is 1.62 bits per heavy atom. The van der Waals surface area contributed by atoms with E-state index in [1.807, 2.05) is 6.92 Å². The molecule has 0 radical (unpaired) electrons. The van der Waals surface area contributed by atoms with Gasteiger partial charge in [-0.1, -0.05) is 18.5 Å². The molecule has 1 aliphatic heterocycles. The molecule has 0 fully saturated rings. The predicted molar refractivity (Wildman–Crippen MR) is 51.2 cm³/mol. The molecule has 0 saturated carbocycles. The second-order valence-corrected chi connectivity index (χ2v) is 3.33. The van der Waals surface area contributed by atoms with Crippen LogP contribution in [0.1, 0.15) is 28.8 Å². The molecule has 3 nitrogen and oxygen atoms in total. The average Bonchev–Trinajstić information content (AvgIpc) is 2.49. The van der Waals surface area contributed by atoms with Gasteiger partial charge in [0.2, 0.25) is 0 Å². The highest BCUT2D eigenvalue weighted by Crippen LogP contribution is 2.36. The second-order valence-electron chi connectivity index (χ2n) is 2.95. The van der Waals surface area contributed by atoms with E-state index in [9.17, 15) is 4.79 Å². The Morgan fingerprint density at radius 2 is 2.38 bits per heavy atom. The van der Waals surface area contributed by atoms with Crippen molar-refractivity contribution < 1.29 is 4.79 Å². The van der Waals surface area contributed by atoms with Gasteiger partial charge in [-0.05, 0) is 0 Å². The third kappa shape index (κ3) is 1.16. The molecule has 1 aliphatic rings. The third-order valence-corrected chi connectivity index (χ3v) is 2.48. The number of carbonyl (C=O) groups is 1. The van der Waals surface area contributed by atoms with Crippen molar-refractivity contribution >= 4 is 29.9 Å². The number of carbonyl (C=O) groups excluding carboxylic acids is 1. The van der Waals surface area contributed by atoms with E-state index in [-0.39, 0.29) is 5.92 Å². The molecule has 2 rings (SSSR count). The molecule has 0 aliphatic carbocycles. The van der Waals surface area contributed by atoms with Gasteiger partial charge in [0.15, 0.2) is 12.1 Å². The molecule has 66 valence electrons. The molecule has 1 unspecified atom stereocenters. The van der Waals surface area contributed by atoms with Gasteiger partial charge in [-0.15, -0.1) is 0 Å². The molecule has 0 bridgehead atoms. The normalized spacial score (nSPS) is 18.8. The fourth-order valence-corrected chi connectivity index (χ4v) is 1.71. The lowest BCUT2D eigenvalue weighted by atomic mass is 10.0. The molecular weight excluding hydrogens is 188 g/mol. The molecule has 0 saturated heterocycles. The zero-order valence-electron chi connectivity index (χ0n) is 6.99. The predicted octanol–water partition coefficient (Wildman–Crippen LogP) is 2.37. The zero-order valence-corrected chi connectivity index (χ0v) is 7.75. The maximum Gasteiger partial charge on any atom is 0.156 e. The van der Waals surface area contributed by atoms with Crippen molar-refractivity contribution in [3.05, 3.63) is 22.3 Å². The van der Waals surface area contributed by atoms with Crippen LogP contribution in [0.2, 0.25) is 5.02 Å². The number of hydrogen-bond donors (Lipinski definition) is 0. The Labute approximate surface area is 80.5 Å². The lowest BCUT2D eigenvalue weighted by Gasteiger charge is -2.05. The van der Waals surface area contributed by atoms with Gasteiger partial charge in [-0.25, -0.2) is 9.98 Å². The van der Waals surface area contributed by atoms with E-state index in [1.54, 1.807) is 6.21 Å². The quantitative estimate of drug-likeness (QED) is 0.644. The van der Waals surface area contributed by atoms with Gasteiger partial charge in [-0.2, -0.15) is 0 Å². The minimum Gasteiger partial charge on any atom is -0.298 e. The van der Waals surface area contributed by atoms with Crippen molar-refractivity contribution in [2.24, 2.45) is 4.99 Å². The molecule has 4 heteroatoms. The van der Waals surface area contributed by atoms with Gasteiger partial charge in [0.25, 0.3) is 0 Å². The molecule has 0 spiro atoms. The maximum absolute atomic E-state index is 10.6. The van der Waals surface area contributed by atoms with E-state index in [0.717, 1.165) is 5.56 Å². The number of pyridine rings is 1. The fourth-order valence-electron chi connectivity index (χ4n) is 1.36. The lowest BCUT2D eigenvalue weighted by Crippen LogP contribution is -1.94. The van der Waals surface area contributed by atoms with E-state index >= 15 is 0 Å². The van der Waals surface area contributed by atoms with Crippen LogP contribution in [-0.2, 0) is 0 Å². The van der Waals surface area contributed by atoms with E-state index in [2.05, 4.69) is 9.98 Å². The smallest absolute Gasteiger partial charge is 0.156 e. The Hall–Kier alpha value is -1.22. The summed E-state index contributed by atoms with van der Waals surface area (Å²) in [6, 6.07) is 0. The van der Waals surface area contributed by atoms with Crippen molar-refractivity contribution in [2.45, 2.75) is 12.8 Å². The molecule has 0 aromatic carbocycles. The zero-order chi connectivity index (χ0) is 9.42. The van der Waals surface area contributed by atoms with E-state index in [1.165, 1.54) is 6.20 Å². The molecule has 1 atom stereocenters. The van der Waals surface area contributed by atoms with Crippen LogP contribution < -0.4 is 0 Å². The van der Waals surface area contributed by atoms with E-state index in [0.29, 0.717) is 22.7 Å². The third-order valence-electron chi connectivity index (χ3n) is 2.06. The van der Waals surface area contributed by atoms with Crippen LogP contribution in [0.3, 0.4) is 0 Å². The number of fused-ring (bicyclic) bond motifs is 1. The second kappa shape index (κ2) is 2.92. The van der Waals surface area contributed by atoms with Crippen LogP contribution in [0.15, 0.2) is 11.2 Å². The standard InChI is InChI=1S/C9H7ClN2O/c1-5-2-11-9-7(5)8(10)6(4-13)3-12-9/h2-5H,1H3. The summed E-state index contributed by atoms with van der Waals surface area (Å²) in [5.74, 6) is 0.776. The van der Waals surface area contributed by atoms with Gasteiger partial charge in [-0.3, -0.25) is 4.79 Å². The minimum atomic E-state index is 0.148. The molecule has 1 aromatic heterocycles. The van der Waals surface area contributed by atoms with Crippen molar-refractivity contribution in [3.8, 4) is 0 Å². The molecule has 0 N–H and O–H groups in total. The number of aliphatic imine (C=N–C) groups is 1. The number of rotatable bonds is 1. The van der Waals surface area contributed by atoms with Crippen molar-refractivity contribution in [3.63, 3.8) is 0 Å². The minimum absolute atomic E-state index is 0.148. The number of aldehydes is 1. The van der Waals surface area contributed by atoms with Gasteiger partial charge < -0.3 is 0 Å². The summed E-state index contributed by atoms with van der Waals surface area (Å²) >= 11 is 6.00. The molecule has 1 aromatic rings. The maximum atomic E-state index is 10.6. The van der Waals surface area contributed by atoms with Crippen LogP contribution in [-0.4, -0.2) is 17.5 Å². The molecule has 13 heavy (non-hydrogen) atoms. The first-order chi connectivity index (χ1) is 6.24. The van der Waals surface area contributed by atoms with Gasteiger partial charge >= 0.3 is 0 Å². The summed E-state index contributed by atoms with van der Waals surface area (Å²) in [4.78, 5) is 18.7. The highest BCUT2D eigenvalue weighted by Gasteiger charge is 2.21. The Bertz CT molecular complexity index is 401. The van der Waals surface area contributed by atoms with Crippen LogP contribution in [0.25, 0.3) is 0 Å². The van der Waals surface area contributed by atoms with Gasteiger partial charge in [0.1, 0.15) is 0 Å². The first kappa shape index (κ1) is 8.38. The number of hydrogen-bond acceptors (Lipinski definition) is 3. The number of halogens is 1. The largest absolute Gasteiger partial charge is 0.298 e. The Kier molecular flexibility index (Phi) is 1.88. The summed E-state index contributed by atoms with van der Waals surface area (Å²) in [6.07, 6.45) is 3.93. The van der Waals surface area contributed by atoms with Gasteiger partial charge in [0, 0.05) is 23.9 Å². The van der Waals surface area contributed by atoms with Crippen molar-refractivity contribution in [1.82, 2.24) is 4.98 Å². The fraction of sp³-hybridized carbons (Fsp3) is 0.222. The SMILES string of the molecule is CC1C=Nc2ncc(C=O)c(Cl)c21. The van der Waals surface area contributed by atoms with Gasteiger partial charge in [0.05, 0.1) is 10.6 Å². The highest BCUT2D eigenvalue weighted by atomic mass is 35.5. The van der Waals surface area contributed by atoms with Crippen molar-refractivity contribution in [2.75, 3.05) is 0 Å². The summed E-state index contributed by atoms with van der Waals surface area (Å²) < 4.78 is 0. The first-order valence-electron chi connectivity index (χ1n) is 3.92. The van der Waals surface area contributed by atoms with Crippen molar-refractivity contribution in [1.29, 1.82) is 0 Å². The Morgan fingerprint density at radius 3 is 3.08 bits per heavy atom. The summed E-state index contributed by atoms with van der Waals surface area (Å²) in [5, 5.41) is 0.477. The topological polar surface area (TPSA) is 42.3 Å². The van der Waals surface area contributed by atoms with E-state index < -0.39 is 0 Å². The molecular formula is C9H7ClN2O. The molecule has 0 amide bonds. The summed E-state index contributed by atoms with van der Waals surface area (Å²) in [7, 11) is 0. The number of aromatic nitrogens is 1. The summed E-state index contributed by atoms with van der Waals surface area (Å²) in [5.41, 5.74) is 1.28. The lowest BCUT2D eigenvalue weighted by molar-refractivity contribution is 0.112. The van der Waals surface area contributed by atoms with Crippen LogP contribution in [0, 0.1) is 0 Å². The van der Waals surface area contributed by atoms with Crippen LogP contribution >= 0.6 is 11.6 Å². The molecule has 2 heterocycles. The number of nitrogens with zero attached hydrogens (tertiary/aromatic N) is 2. The first-order valence-corrected chi connectivity index (χ1v) is 4.29. The highest BCUT2D eigenvalue weighted by molar-refractivity contribution is 6.34. The summed E-state index contributed by atoms with van der Waals surface area (Å²) in [6.45, 7) is 1.97. The Balaban J connectivity index is 2.66. The average molecular weight is 195 g/mol. The van der Waals surface area contributed by atoms with E-state index in [4.69, 9.17) is 11.6 Å². The monoisotopic (exact) mass is 194 g/mol.